The molecule has 9 heteroatoms. The topological polar surface area (TPSA) is 42.4 Å². The second kappa shape index (κ2) is 10.2. The van der Waals surface area contributed by atoms with Gasteiger partial charge in [0, 0.05) is 20.4 Å². The van der Waals surface area contributed by atoms with Crippen LogP contribution in [0, 0.1) is 14.8 Å². The maximum atomic E-state index is 14.4. The minimum atomic E-state index is -4.81. The molecule has 2 aromatic rings. The molecule has 0 fully saturated rings. The zero-order chi connectivity index (χ0) is 28.3. The van der Waals surface area contributed by atoms with E-state index in [4.69, 9.17) is 9.41 Å². The number of pyridine rings is 1. The minimum Gasteiger partial charge on any atom is -0.410 e. The van der Waals surface area contributed by atoms with Crippen molar-refractivity contribution in [2.45, 2.75) is 104 Å². The summed E-state index contributed by atoms with van der Waals surface area (Å²) in [6, 6.07) is 2.61. The summed E-state index contributed by atoms with van der Waals surface area (Å²) in [6.45, 7) is 19.3. The predicted octanol–water partition coefficient (Wildman–Crippen LogP) is 9.08. The standard InChI is InChI=1S/C28H38F4INO2Si/c1-15(2)24-22(25(35)16-10-11-17(18(29)12-16)28(30,31)32)23(33)21-19(34-24)13-27(6,7)14-20(21)36-37(8,9)26(3,4)5/h10-12,15,20,25,35H,13-14H2,1-9H3/t20-,25?/m1/s1. The molecule has 1 aromatic carbocycles. The highest BCUT2D eigenvalue weighted by atomic mass is 127. The molecule has 3 rings (SSSR count). The number of halogens is 5. The van der Waals surface area contributed by atoms with Gasteiger partial charge in [0.05, 0.1) is 17.4 Å². The van der Waals surface area contributed by atoms with E-state index in [9.17, 15) is 22.7 Å². The molecule has 1 unspecified atom stereocenters. The Bertz CT molecular complexity index is 1170. The van der Waals surface area contributed by atoms with Gasteiger partial charge in [-0.3, -0.25) is 4.98 Å². The maximum Gasteiger partial charge on any atom is 0.419 e. The summed E-state index contributed by atoms with van der Waals surface area (Å²) in [5.41, 5.74) is 1.72. The Hall–Kier alpha value is -1.04. The van der Waals surface area contributed by atoms with Gasteiger partial charge in [-0.2, -0.15) is 13.2 Å². The summed E-state index contributed by atoms with van der Waals surface area (Å²) >= 11 is 2.21. The molecule has 1 heterocycles. The van der Waals surface area contributed by atoms with E-state index < -0.39 is 32.0 Å². The van der Waals surface area contributed by atoms with Crippen molar-refractivity contribution in [2.24, 2.45) is 5.41 Å². The Morgan fingerprint density at radius 3 is 2.24 bits per heavy atom. The van der Waals surface area contributed by atoms with Gasteiger partial charge in [-0.05, 0) is 82.6 Å². The maximum absolute atomic E-state index is 14.4. The Morgan fingerprint density at radius 1 is 1.16 bits per heavy atom. The van der Waals surface area contributed by atoms with Gasteiger partial charge < -0.3 is 9.53 Å². The van der Waals surface area contributed by atoms with Crippen LogP contribution in [0.4, 0.5) is 17.6 Å². The van der Waals surface area contributed by atoms with E-state index in [2.05, 4.69) is 70.3 Å². The number of aromatic nitrogens is 1. The fourth-order valence-electron chi connectivity index (χ4n) is 4.67. The van der Waals surface area contributed by atoms with E-state index in [1.807, 2.05) is 13.8 Å². The molecule has 0 saturated heterocycles. The highest BCUT2D eigenvalue weighted by molar-refractivity contribution is 14.1. The number of benzene rings is 1. The van der Waals surface area contributed by atoms with Crippen LogP contribution in [0.1, 0.15) is 107 Å². The van der Waals surface area contributed by atoms with Crippen LogP contribution in [0.2, 0.25) is 18.1 Å². The number of rotatable bonds is 5. The number of aliphatic hydroxyl groups excluding tert-OH is 1. The van der Waals surface area contributed by atoms with Crippen molar-refractivity contribution in [2.75, 3.05) is 0 Å². The van der Waals surface area contributed by atoms with E-state index in [1.54, 1.807) is 0 Å². The lowest BCUT2D eigenvalue weighted by atomic mass is 9.74. The fourth-order valence-corrected chi connectivity index (χ4v) is 7.17. The smallest absolute Gasteiger partial charge is 0.410 e. The third kappa shape index (κ3) is 6.25. The van der Waals surface area contributed by atoms with Gasteiger partial charge in [-0.15, -0.1) is 0 Å². The second-order valence-electron chi connectivity index (χ2n) is 12.8. The zero-order valence-electron chi connectivity index (χ0n) is 23.1. The van der Waals surface area contributed by atoms with E-state index in [-0.39, 0.29) is 28.0 Å². The van der Waals surface area contributed by atoms with Crippen molar-refractivity contribution in [3.63, 3.8) is 0 Å². The van der Waals surface area contributed by atoms with Crippen molar-refractivity contribution >= 4 is 30.9 Å². The number of hydrogen-bond acceptors (Lipinski definition) is 3. The molecule has 0 amide bonds. The number of aliphatic hydroxyl groups is 1. The number of nitrogens with zero attached hydrogens (tertiary/aromatic N) is 1. The molecule has 0 saturated carbocycles. The molecule has 37 heavy (non-hydrogen) atoms. The van der Waals surface area contributed by atoms with Crippen molar-refractivity contribution in [3.05, 3.63) is 61.2 Å². The van der Waals surface area contributed by atoms with Crippen LogP contribution in [0.15, 0.2) is 18.2 Å². The first kappa shape index (κ1) is 30.5. The monoisotopic (exact) mass is 651 g/mol. The van der Waals surface area contributed by atoms with Gasteiger partial charge in [0.25, 0.3) is 0 Å². The quantitative estimate of drug-likeness (QED) is 0.199. The van der Waals surface area contributed by atoms with Gasteiger partial charge in [0.1, 0.15) is 11.9 Å². The first-order chi connectivity index (χ1) is 16.7. The third-order valence-corrected chi connectivity index (χ3v) is 13.3. The van der Waals surface area contributed by atoms with E-state index in [0.717, 1.165) is 39.8 Å². The highest BCUT2D eigenvalue weighted by Gasteiger charge is 2.44. The highest BCUT2D eigenvalue weighted by Crippen LogP contribution is 2.50. The SMILES string of the molecule is CC(C)c1nc2c(c(I)c1C(O)c1ccc(C(F)(F)F)c(F)c1)[C@H](O[Si](C)(C)C(C)(C)C)CC(C)(C)C2. The van der Waals surface area contributed by atoms with Crippen molar-refractivity contribution < 1.29 is 27.1 Å². The Labute approximate surface area is 232 Å². The van der Waals surface area contributed by atoms with E-state index in [0.29, 0.717) is 17.3 Å². The van der Waals surface area contributed by atoms with Crippen molar-refractivity contribution in [1.82, 2.24) is 4.98 Å². The van der Waals surface area contributed by atoms with Crippen LogP contribution in [0.25, 0.3) is 0 Å². The van der Waals surface area contributed by atoms with Crippen LogP contribution in [-0.4, -0.2) is 18.4 Å². The molecule has 1 N–H and O–H groups in total. The summed E-state index contributed by atoms with van der Waals surface area (Å²) in [7, 11) is -2.17. The summed E-state index contributed by atoms with van der Waals surface area (Å²) < 4.78 is 61.5. The van der Waals surface area contributed by atoms with Crippen LogP contribution in [-0.2, 0) is 17.0 Å². The molecular formula is C28H38F4INO2Si. The zero-order valence-corrected chi connectivity index (χ0v) is 26.2. The Kier molecular flexibility index (Phi) is 8.38. The fraction of sp³-hybridized carbons (Fsp3) is 0.607. The Morgan fingerprint density at radius 2 is 1.76 bits per heavy atom. The molecule has 0 spiro atoms. The van der Waals surface area contributed by atoms with Gasteiger partial charge in [-0.25, -0.2) is 4.39 Å². The van der Waals surface area contributed by atoms with Crippen LogP contribution in [0.3, 0.4) is 0 Å². The van der Waals surface area contributed by atoms with Gasteiger partial charge in [0.2, 0.25) is 0 Å². The van der Waals surface area contributed by atoms with Gasteiger partial charge >= 0.3 is 6.18 Å². The molecule has 1 aliphatic rings. The molecule has 1 aliphatic carbocycles. The largest absolute Gasteiger partial charge is 0.419 e. The number of fused-ring (bicyclic) bond motifs is 1. The van der Waals surface area contributed by atoms with Crippen LogP contribution >= 0.6 is 22.6 Å². The third-order valence-electron chi connectivity index (χ3n) is 7.70. The second-order valence-corrected chi connectivity index (χ2v) is 18.6. The van der Waals surface area contributed by atoms with Gasteiger partial charge in [0.15, 0.2) is 8.32 Å². The first-order valence-corrected chi connectivity index (χ1v) is 16.6. The summed E-state index contributed by atoms with van der Waals surface area (Å²) in [5, 5.41) is 11.4. The average Bonchev–Trinajstić information content (AvgIpc) is 2.69. The van der Waals surface area contributed by atoms with Gasteiger partial charge in [-0.1, -0.05) is 54.5 Å². The number of hydrogen-bond donors (Lipinski definition) is 1. The average molecular weight is 652 g/mol. The number of alkyl halides is 3. The summed E-state index contributed by atoms with van der Waals surface area (Å²) in [5.74, 6) is -1.47. The molecule has 0 aliphatic heterocycles. The first-order valence-electron chi connectivity index (χ1n) is 12.6. The molecule has 2 atom stereocenters. The molecule has 3 nitrogen and oxygen atoms in total. The lowest BCUT2D eigenvalue weighted by molar-refractivity contribution is -0.140. The lowest BCUT2D eigenvalue weighted by Crippen LogP contribution is -2.44. The molecule has 0 bridgehead atoms. The molecular weight excluding hydrogens is 613 g/mol. The van der Waals surface area contributed by atoms with E-state index >= 15 is 0 Å². The van der Waals surface area contributed by atoms with Crippen LogP contribution in [0.5, 0.6) is 0 Å². The normalized spacial score (nSPS) is 19.2. The molecule has 0 radical (unpaired) electrons. The van der Waals surface area contributed by atoms with Crippen molar-refractivity contribution in [3.8, 4) is 0 Å². The van der Waals surface area contributed by atoms with E-state index in [1.165, 1.54) is 0 Å². The van der Waals surface area contributed by atoms with Crippen LogP contribution < -0.4 is 0 Å². The molecule has 206 valence electrons. The molecule has 1 aromatic heterocycles. The predicted molar refractivity (Wildman–Crippen MR) is 150 cm³/mol. The lowest BCUT2D eigenvalue weighted by Gasteiger charge is -2.44. The minimum absolute atomic E-state index is 0.00834. The summed E-state index contributed by atoms with van der Waals surface area (Å²) in [4.78, 5) is 5.03. The summed E-state index contributed by atoms with van der Waals surface area (Å²) in [6.07, 6.45) is -4.83. The van der Waals surface area contributed by atoms with Crippen molar-refractivity contribution in [1.29, 1.82) is 0 Å². The Balaban J connectivity index is 2.21.